The third kappa shape index (κ3) is 5.61. The van der Waals surface area contributed by atoms with E-state index in [1.54, 1.807) is 25.1 Å². The van der Waals surface area contributed by atoms with Crippen molar-refractivity contribution < 1.29 is 28.6 Å². The molecule has 0 atom stereocenters. The molecule has 1 saturated heterocycles. The van der Waals surface area contributed by atoms with Crippen molar-refractivity contribution in [2.45, 2.75) is 33.6 Å². The van der Waals surface area contributed by atoms with Gasteiger partial charge < -0.3 is 24.4 Å². The number of nitrogens with zero attached hydrogens (tertiary/aromatic N) is 1. The van der Waals surface area contributed by atoms with Gasteiger partial charge in [-0.3, -0.25) is 14.4 Å². The number of hydrogen-bond donors (Lipinski definition) is 1. The summed E-state index contributed by atoms with van der Waals surface area (Å²) in [5.41, 5.74) is 0.451. The molecule has 1 aromatic rings. The zero-order valence-corrected chi connectivity index (χ0v) is 16.7. The fourth-order valence-corrected chi connectivity index (χ4v) is 3.04. The fraction of sp³-hybridized carbons (Fsp3) is 0.550. The predicted molar refractivity (Wildman–Crippen MR) is 103 cm³/mol. The molecule has 0 saturated carbocycles. The average Bonchev–Trinajstić information content (AvgIpc) is 2.70. The van der Waals surface area contributed by atoms with E-state index in [-0.39, 0.29) is 11.9 Å². The first-order valence-electron chi connectivity index (χ1n) is 9.66. The van der Waals surface area contributed by atoms with Gasteiger partial charge in [0.2, 0.25) is 0 Å². The van der Waals surface area contributed by atoms with Crippen molar-refractivity contribution in [1.29, 1.82) is 0 Å². The van der Waals surface area contributed by atoms with Crippen LogP contribution < -0.4 is 14.8 Å². The van der Waals surface area contributed by atoms with Crippen LogP contribution in [-0.4, -0.2) is 55.6 Å². The Balaban J connectivity index is 1.95. The Kier molecular flexibility index (Phi) is 8.10. The number of amides is 2. The van der Waals surface area contributed by atoms with Crippen molar-refractivity contribution in [3.05, 3.63) is 18.2 Å². The van der Waals surface area contributed by atoms with E-state index >= 15 is 0 Å². The molecule has 28 heavy (non-hydrogen) atoms. The molecule has 0 bridgehead atoms. The number of carbonyl (C=O) groups is 3. The van der Waals surface area contributed by atoms with Gasteiger partial charge in [0.1, 0.15) is 0 Å². The Labute approximate surface area is 165 Å². The molecule has 2 rings (SSSR count). The van der Waals surface area contributed by atoms with E-state index in [1.807, 2.05) is 13.8 Å². The van der Waals surface area contributed by atoms with Crippen LogP contribution in [0.25, 0.3) is 0 Å². The second-order valence-electron chi connectivity index (χ2n) is 6.30. The van der Waals surface area contributed by atoms with Gasteiger partial charge in [-0.15, -0.1) is 0 Å². The molecule has 1 aromatic carbocycles. The van der Waals surface area contributed by atoms with E-state index in [0.29, 0.717) is 62.9 Å². The van der Waals surface area contributed by atoms with Crippen LogP contribution in [0.4, 0.5) is 5.69 Å². The summed E-state index contributed by atoms with van der Waals surface area (Å²) in [7, 11) is 0. The van der Waals surface area contributed by atoms with Crippen molar-refractivity contribution in [2.75, 3.05) is 38.2 Å². The number of esters is 1. The molecule has 0 aromatic heterocycles. The van der Waals surface area contributed by atoms with E-state index in [4.69, 9.17) is 14.2 Å². The minimum absolute atomic E-state index is 0.216. The van der Waals surface area contributed by atoms with Crippen molar-refractivity contribution >= 4 is 23.5 Å². The van der Waals surface area contributed by atoms with E-state index in [2.05, 4.69) is 5.32 Å². The Bertz CT molecular complexity index is 698. The topological polar surface area (TPSA) is 94.2 Å². The first-order valence-corrected chi connectivity index (χ1v) is 9.66. The normalized spacial score (nSPS) is 14.3. The maximum atomic E-state index is 12.4. The van der Waals surface area contributed by atoms with Crippen molar-refractivity contribution in [3.8, 4) is 11.5 Å². The lowest BCUT2D eigenvalue weighted by Gasteiger charge is -2.30. The highest BCUT2D eigenvalue weighted by molar-refractivity contribution is 6.39. The highest BCUT2D eigenvalue weighted by Crippen LogP contribution is 2.30. The third-order valence-electron chi connectivity index (χ3n) is 4.40. The van der Waals surface area contributed by atoms with Crippen LogP contribution in [0.15, 0.2) is 18.2 Å². The highest BCUT2D eigenvalue weighted by atomic mass is 16.5. The quantitative estimate of drug-likeness (QED) is 0.565. The Hall–Kier alpha value is -2.77. The molecule has 8 nitrogen and oxygen atoms in total. The zero-order valence-electron chi connectivity index (χ0n) is 16.7. The largest absolute Gasteiger partial charge is 0.490 e. The summed E-state index contributed by atoms with van der Waals surface area (Å²) in [4.78, 5) is 38.0. The molecular formula is C20H28N2O6. The molecule has 0 radical (unpaired) electrons. The lowest BCUT2D eigenvalue weighted by atomic mass is 9.97. The first-order chi connectivity index (χ1) is 13.5. The smallest absolute Gasteiger partial charge is 0.313 e. The number of piperidine rings is 1. The van der Waals surface area contributed by atoms with Gasteiger partial charge in [0.15, 0.2) is 11.5 Å². The highest BCUT2D eigenvalue weighted by Gasteiger charge is 2.30. The van der Waals surface area contributed by atoms with Gasteiger partial charge in [-0.25, -0.2) is 0 Å². The Morgan fingerprint density at radius 3 is 2.25 bits per heavy atom. The maximum absolute atomic E-state index is 12.4. The molecule has 154 valence electrons. The van der Waals surface area contributed by atoms with E-state index < -0.39 is 11.8 Å². The summed E-state index contributed by atoms with van der Waals surface area (Å²) in [5.74, 6) is -0.710. The predicted octanol–water partition coefficient (Wildman–Crippen LogP) is 2.22. The van der Waals surface area contributed by atoms with Crippen LogP contribution in [0.2, 0.25) is 0 Å². The number of nitrogens with one attached hydrogen (secondary N) is 1. The number of rotatable bonds is 7. The molecule has 1 heterocycles. The molecule has 8 heteroatoms. The monoisotopic (exact) mass is 392 g/mol. The molecule has 1 aliphatic heterocycles. The zero-order chi connectivity index (χ0) is 20.5. The van der Waals surface area contributed by atoms with Gasteiger partial charge in [0.05, 0.1) is 25.7 Å². The SMILES string of the molecule is CCOC(=O)C1CCN(C(=O)C(=O)Nc2ccc(OCC)c(OCC)c2)CC1. The second kappa shape index (κ2) is 10.5. The summed E-state index contributed by atoms with van der Waals surface area (Å²) in [6.45, 7) is 7.47. The van der Waals surface area contributed by atoms with Crippen LogP contribution >= 0.6 is 0 Å². The van der Waals surface area contributed by atoms with Gasteiger partial charge in [0.25, 0.3) is 0 Å². The van der Waals surface area contributed by atoms with Crippen LogP contribution in [-0.2, 0) is 19.1 Å². The lowest BCUT2D eigenvalue weighted by Crippen LogP contribution is -2.45. The number of hydrogen-bond acceptors (Lipinski definition) is 6. The summed E-state index contributed by atoms with van der Waals surface area (Å²) < 4.78 is 16.0. The summed E-state index contributed by atoms with van der Waals surface area (Å²) in [6, 6.07) is 4.98. The Morgan fingerprint density at radius 2 is 1.64 bits per heavy atom. The van der Waals surface area contributed by atoms with Gasteiger partial charge in [-0.05, 0) is 45.7 Å². The number of anilines is 1. The van der Waals surface area contributed by atoms with E-state index in [0.717, 1.165) is 0 Å². The molecule has 0 aliphatic carbocycles. The van der Waals surface area contributed by atoms with Crippen LogP contribution in [0.3, 0.4) is 0 Å². The maximum Gasteiger partial charge on any atom is 0.313 e. The summed E-state index contributed by atoms with van der Waals surface area (Å²) in [5, 5.41) is 2.60. The molecule has 2 amide bonds. The van der Waals surface area contributed by atoms with Crippen LogP contribution in [0.5, 0.6) is 11.5 Å². The molecule has 0 unspecified atom stereocenters. The number of carbonyl (C=O) groups excluding carboxylic acids is 3. The van der Waals surface area contributed by atoms with Gasteiger partial charge in [-0.2, -0.15) is 0 Å². The average molecular weight is 392 g/mol. The number of likely N-dealkylation sites (tertiary alicyclic amines) is 1. The van der Waals surface area contributed by atoms with Gasteiger partial charge >= 0.3 is 17.8 Å². The fourth-order valence-electron chi connectivity index (χ4n) is 3.04. The van der Waals surface area contributed by atoms with Crippen molar-refractivity contribution in [1.82, 2.24) is 4.90 Å². The molecule has 1 N–H and O–H groups in total. The van der Waals surface area contributed by atoms with Gasteiger partial charge in [-0.1, -0.05) is 0 Å². The van der Waals surface area contributed by atoms with Crippen LogP contribution in [0, 0.1) is 5.92 Å². The second-order valence-corrected chi connectivity index (χ2v) is 6.30. The van der Waals surface area contributed by atoms with E-state index in [9.17, 15) is 14.4 Å². The Morgan fingerprint density at radius 1 is 1.00 bits per heavy atom. The number of ether oxygens (including phenoxy) is 3. The van der Waals surface area contributed by atoms with Crippen LogP contribution in [0.1, 0.15) is 33.6 Å². The third-order valence-corrected chi connectivity index (χ3v) is 4.40. The lowest BCUT2D eigenvalue weighted by molar-refractivity contribution is -0.152. The summed E-state index contributed by atoms with van der Waals surface area (Å²) in [6.07, 6.45) is 0.991. The summed E-state index contributed by atoms with van der Waals surface area (Å²) >= 11 is 0. The minimum Gasteiger partial charge on any atom is -0.490 e. The first kappa shape index (κ1) is 21.5. The van der Waals surface area contributed by atoms with E-state index in [1.165, 1.54) is 4.90 Å². The minimum atomic E-state index is -0.721. The molecule has 1 fully saturated rings. The number of benzene rings is 1. The molecular weight excluding hydrogens is 364 g/mol. The van der Waals surface area contributed by atoms with Crippen molar-refractivity contribution in [2.24, 2.45) is 5.92 Å². The molecule has 1 aliphatic rings. The standard InChI is InChI=1S/C20H28N2O6/c1-4-26-16-8-7-15(13-17(16)27-5-2)21-18(23)19(24)22-11-9-14(10-12-22)20(25)28-6-3/h7-8,13-14H,4-6,9-12H2,1-3H3,(H,21,23). The van der Waals surface area contributed by atoms with Gasteiger partial charge in [0, 0.05) is 24.8 Å². The molecule has 0 spiro atoms. The van der Waals surface area contributed by atoms with Crippen molar-refractivity contribution in [3.63, 3.8) is 0 Å².